The first kappa shape index (κ1) is 46.9. The number of hydrogen-bond acceptors (Lipinski definition) is 11. The summed E-state index contributed by atoms with van der Waals surface area (Å²) >= 11 is 1.44. The van der Waals surface area contributed by atoms with Crippen LogP contribution in [0.4, 0.5) is 0 Å². The largest absolute Gasteiger partial charge is 0.463 e. The van der Waals surface area contributed by atoms with E-state index in [9.17, 15) is 19.2 Å². The minimum absolute atomic E-state index is 0.216. The zero-order valence-corrected chi connectivity index (χ0v) is 38.0. The predicted molar refractivity (Wildman–Crippen MR) is 226 cm³/mol. The molecule has 1 saturated heterocycles. The highest BCUT2D eigenvalue weighted by molar-refractivity contribution is 7.99. The van der Waals surface area contributed by atoms with Crippen molar-refractivity contribution in [3.05, 3.63) is 11.6 Å². The van der Waals surface area contributed by atoms with Crippen molar-refractivity contribution in [1.29, 1.82) is 0 Å². The molecule has 3 saturated carbocycles. The molecule has 0 spiro atoms. The summed E-state index contributed by atoms with van der Waals surface area (Å²) in [4.78, 5) is 47.9. The predicted octanol–water partition coefficient (Wildman–Crippen LogP) is 9.79. The summed E-state index contributed by atoms with van der Waals surface area (Å²) in [6.45, 7) is 18.1. The minimum atomic E-state index is -1.13. The Balaban J connectivity index is 1.06. The Hall–Kier alpha value is -2.11. The van der Waals surface area contributed by atoms with Gasteiger partial charge in [0.25, 0.3) is 0 Å². The average Bonchev–Trinajstić information content (AvgIpc) is 3.50. The maximum Gasteiger partial charge on any atom is 0.303 e. The Morgan fingerprint density at radius 1 is 0.776 bits per heavy atom. The molecule has 0 N–H and O–H groups in total. The highest BCUT2D eigenvalue weighted by Crippen LogP contribution is 2.67. The fourth-order valence-corrected chi connectivity index (χ4v) is 13.3. The summed E-state index contributed by atoms with van der Waals surface area (Å²) in [7, 11) is 0. The van der Waals surface area contributed by atoms with Crippen molar-refractivity contribution in [1.82, 2.24) is 0 Å². The SMILES string of the molecule is CC(=O)OC[C@H]1O[C@@H](SCCCCCCO[C@H]2CC[C@@]3(C)C(=CC[C@H]4[C@@H]5CC[C@H]([C@H](C)CCCC(C)C)[C@@]5(C)CC[C@@H]43)C2)[C@H](OC(C)=O)[C@@H](OC(C)=O)[C@H]1OC(C)=O. The summed E-state index contributed by atoms with van der Waals surface area (Å²) in [5, 5.41) is 0. The maximum absolute atomic E-state index is 12.1. The molecular weight excluding hydrogens is 757 g/mol. The fourth-order valence-electron chi connectivity index (χ4n) is 12.1. The molecule has 13 atom stereocenters. The number of carbonyl (C=O) groups excluding carboxylic acids is 4. The first-order valence-corrected chi connectivity index (χ1v) is 23.8. The molecule has 330 valence electrons. The second-order valence-electron chi connectivity index (χ2n) is 19.4. The van der Waals surface area contributed by atoms with Crippen LogP contribution in [0.1, 0.15) is 159 Å². The van der Waals surface area contributed by atoms with Crippen LogP contribution in [0, 0.1) is 46.3 Å². The van der Waals surface area contributed by atoms with Crippen LogP contribution in [0.5, 0.6) is 0 Å². The third kappa shape index (κ3) is 11.6. The Kier molecular flexibility index (Phi) is 17.1. The van der Waals surface area contributed by atoms with Crippen LogP contribution in [-0.4, -0.2) is 78.8 Å². The van der Waals surface area contributed by atoms with Crippen LogP contribution in [0.15, 0.2) is 11.6 Å². The highest BCUT2D eigenvalue weighted by atomic mass is 32.2. The smallest absolute Gasteiger partial charge is 0.303 e. The summed E-state index contributed by atoms with van der Waals surface area (Å²) < 4.78 is 34.6. The Morgan fingerprint density at radius 3 is 2.16 bits per heavy atom. The molecule has 4 fully saturated rings. The molecule has 0 aromatic heterocycles. The van der Waals surface area contributed by atoms with Crippen molar-refractivity contribution < 1.29 is 47.6 Å². The lowest BCUT2D eigenvalue weighted by atomic mass is 9.47. The first-order chi connectivity index (χ1) is 27.5. The molecule has 4 aliphatic carbocycles. The Bertz CT molecular complexity index is 1430. The monoisotopic (exact) mass is 833 g/mol. The zero-order chi connectivity index (χ0) is 42.2. The van der Waals surface area contributed by atoms with Gasteiger partial charge in [0, 0.05) is 34.3 Å². The number of fused-ring (bicyclic) bond motifs is 5. The second-order valence-corrected chi connectivity index (χ2v) is 20.6. The lowest BCUT2D eigenvalue weighted by molar-refractivity contribution is -0.237. The normalized spacial score (nSPS) is 36.1. The first-order valence-electron chi connectivity index (χ1n) is 22.8. The molecule has 58 heavy (non-hydrogen) atoms. The summed E-state index contributed by atoms with van der Waals surface area (Å²) in [5.41, 5.74) is 1.81. The van der Waals surface area contributed by atoms with E-state index in [1.54, 1.807) is 5.57 Å². The molecule has 0 bridgehead atoms. The van der Waals surface area contributed by atoms with Gasteiger partial charge in [-0.25, -0.2) is 0 Å². The molecule has 1 heterocycles. The summed E-state index contributed by atoms with van der Waals surface area (Å²) in [5.74, 6) is 3.44. The number of thioether (sulfide) groups is 1. The summed E-state index contributed by atoms with van der Waals surface area (Å²) in [6.07, 6.45) is 17.3. The minimum Gasteiger partial charge on any atom is -0.463 e. The van der Waals surface area contributed by atoms with Gasteiger partial charge >= 0.3 is 23.9 Å². The number of carbonyl (C=O) groups is 4. The molecular formula is C47H76O10S. The van der Waals surface area contributed by atoms with Crippen molar-refractivity contribution in [2.75, 3.05) is 19.0 Å². The van der Waals surface area contributed by atoms with Gasteiger partial charge in [-0.2, -0.15) is 0 Å². The number of allylic oxidation sites excluding steroid dienone is 1. The van der Waals surface area contributed by atoms with Crippen molar-refractivity contribution in [2.24, 2.45) is 46.3 Å². The van der Waals surface area contributed by atoms with E-state index in [1.807, 2.05) is 0 Å². The van der Waals surface area contributed by atoms with Gasteiger partial charge in [-0.15, -0.1) is 11.8 Å². The van der Waals surface area contributed by atoms with Crippen LogP contribution in [-0.2, 0) is 47.6 Å². The molecule has 0 unspecified atom stereocenters. The number of esters is 4. The van der Waals surface area contributed by atoms with Gasteiger partial charge in [0.05, 0.1) is 6.10 Å². The van der Waals surface area contributed by atoms with Crippen molar-refractivity contribution in [2.45, 2.75) is 195 Å². The Labute approximate surface area is 353 Å². The van der Waals surface area contributed by atoms with Gasteiger partial charge in [-0.1, -0.05) is 78.4 Å². The van der Waals surface area contributed by atoms with E-state index in [1.165, 1.54) is 97.2 Å². The number of unbranched alkanes of at least 4 members (excludes halogenated alkanes) is 3. The molecule has 0 radical (unpaired) electrons. The topological polar surface area (TPSA) is 124 Å². The van der Waals surface area contributed by atoms with Gasteiger partial charge in [0.1, 0.15) is 18.1 Å². The number of rotatable bonds is 19. The van der Waals surface area contributed by atoms with Crippen molar-refractivity contribution >= 4 is 35.6 Å². The van der Waals surface area contributed by atoms with E-state index in [0.29, 0.717) is 22.7 Å². The van der Waals surface area contributed by atoms with Crippen LogP contribution in [0.25, 0.3) is 0 Å². The molecule has 5 rings (SSSR count). The number of ether oxygens (including phenoxy) is 6. The number of hydrogen-bond donors (Lipinski definition) is 0. The van der Waals surface area contributed by atoms with E-state index < -0.39 is 53.7 Å². The Morgan fingerprint density at radius 2 is 1.47 bits per heavy atom. The summed E-state index contributed by atoms with van der Waals surface area (Å²) in [6, 6.07) is 0. The zero-order valence-electron chi connectivity index (χ0n) is 37.2. The van der Waals surface area contributed by atoms with Crippen molar-refractivity contribution in [3.63, 3.8) is 0 Å². The molecule has 10 nitrogen and oxygen atoms in total. The van der Waals surface area contributed by atoms with E-state index in [4.69, 9.17) is 28.4 Å². The van der Waals surface area contributed by atoms with Gasteiger partial charge in [-0.3, -0.25) is 19.2 Å². The van der Waals surface area contributed by atoms with E-state index >= 15 is 0 Å². The van der Waals surface area contributed by atoms with E-state index in [0.717, 1.165) is 80.6 Å². The standard InChI is InChI=1S/C47H76O10S/c1-29(2)15-14-16-30(3)38-19-20-39-37-18-17-35-27-36(21-23-46(35,8)40(37)22-24-47(38,39)9)52-25-12-10-11-13-26-58-45-44(56-34(7)51)43(55-33(6)50)42(54-32(5)49)41(57-45)28-53-31(4)48/h17,29-30,36-45H,10-16,18-28H2,1-9H3/t30-,36+,37+,38-,39+,40+,41-,42+,43+,44-,45+,46+,47-/m1/s1. The third-order valence-corrected chi connectivity index (χ3v) is 16.1. The lowest BCUT2D eigenvalue weighted by Crippen LogP contribution is -2.61. The lowest BCUT2D eigenvalue weighted by Gasteiger charge is -2.58. The van der Waals surface area contributed by atoms with Crippen LogP contribution in [0.2, 0.25) is 0 Å². The highest BCUT2D eigenvalue weighted by Gasteiger charge is 2.59. The maximum atomic E-state index is 12.1. The van der Waals surface area contributed by atoms with Crippen LogP contribution < -0.4 is 0 Å². The third-order valence-electron chi connectivity index (χ3n) is 14.9. The molecule has 1 aliphatic heterocycles. The van der Waals surface area contributed by atoms with Gasteiger partial charge in [0.15, 0.2) is 18.3 Å². The molecule has 0 aromatic rings. The van der Waals surface area contributed by atoms with E-state index in [2.05, 4.69) is 40.7 Å². The van der Waals surface area contributed by atoms with Gasteiger partial charge in [-0.05, 0) is 116 Å². The quantitative estimate of drug-likeness (QED) is 0.0535. The molecule has 0 aromatic carbocycles. The van der Waals surface area contributed by atoms with E-state index in [-0.39, 0.29) is 6.61 Å². The molecule has 0 amide bonds. The van der Waals surface area contributed by atoms with Crippen LogP contribution >= 0.6 is 11.8 Å². The molecule has 11 heteroatoms. The van der Waals surface area contributed by atoms with Gasteiger partial charge in [0.2, 0.25) is 0 Å². The van der Waals surface area contributed by atoms with Crippen LogP contribution in [0.3, 0.4) is 0 Å². The van der Waals surface area contributed by atoms with Gasteiger partial charge < -0.3 is 28.4 Å². The second kappa shape index (κ2) is 21.1. The fraction of sp³-hybridized carbons (Fsp3) is 0.872. The van der Waals surface area contributed by atoms with Crippen molar-refractivity contribution in [3.8, 4) is 0 Å². The average molecular weight is 833 g/mol. The molecule has 5 aliphatic rings.